The molecule has 1 aliphatic rings. The highest BCUT2D eigenvalue weighted by atomic mass is 28.4. The third kappa shape index (κ3) is 7.08. The van der Waals surface area contributed by atoms with Crippen LogP contribution >= 0.6 is 0 Å². The maximum atomic E-state index is 11.4. The highest BCUT2D eigenvalue weighted by Gasteiger charge is 2.50. The Morgan fingerprint density at radius 2 is 1.24 bits per heavy atom. The molecule has 0 aliphatic heterocycles. The molecule has 0 spiro atoms. The summed E-state index contributed by atoms with van der Waals surface area (Å²) in [5.41, 5.74) is -0.451. The van der Waals surface area contributed by atoms with E-state index in [1.165, 1.54) is 28.9 Å². The van der Waals surface area contributed by atoms with Gasteiger partial charge in [0, 0.05) is 17.7 Å². The number of hydrogen-bond donors (Lipinski definition) is 0. The number of benzene rings is 3. The van der Waals surface area contributed by atoms with E-state index in [1.807, 2.05) is 12.1 Å². The monoisotopic (exact) mass is 572 g/mol. The molecule has 0 unspecified atom stereocenters. The van der Waals surface area contributed by atoms with E-state index >= 15 is 0 Å². The third-order valence-electron chi connectivity index (χ3n) is 8.56. The smallest absolute Gasteiger partial charge is 0.261 e. The van der Waals surface area contributed by atoms with Crippen LogP contribution in [0.2, 0.25) is 5.04 Å². The molecule has 1 fully saturated rings. The van der Waals surface area contributed by atoms with E-state index in [2.05, 4.69) is 69.3 Å². The lowest BCUT2D eigenvalue weighted by atomic mass is 9.70. The fraction of sp³-hybridized carbons (Fsp3) is 0.412. The zero-order valence-electron chi connectivity index (χ0n) is 24.3. The molecule has 0 aromatic heterocycles. The average molecular weight is 573 g/mol. The van der Waals surface area contributed by atoms with Crippen molar-refractivity contribution in [2.45, 2.75) is 70.8 Å². The molecule has 3 aromatic rings. The first-order valence-electron chi connectivity index (χ1n) is 14.5. The summed E-state index contributed by atoms with van der Waals surface area (Å²) in [5, 5.41) is 25.2. The molecule has 1 saturated carbocycles. The molecule has 0 amide bonds. The third-order valence-corrected chi connectivity index (χ3v) is 13.6. The Balaban J connectivity index is 1.54. The Bertz CT molecular complexity index is 1240. The van der Waals surface area contributed by atoms with Crippen LogP contribution in [0.5, 0.6) is 5.75 Å². The summed E-state index contributed by atoms with van der Waals surface area (Å²) >= 11 is 0. The number of carboxylic acid groups (broad SMARTS) is 2. The molecule has 0 heterocycles. The fourth-order valence-electron chi connectivity index (χ4n) is 6.41. The van der Waals surface area contributed by atoms with E-state index in [0.717, 1.165) is 44.6 Å². The van der Waals surface area contributed by atoms with Gasteiger partial charge in [-0.3, -0.25) is 0 Å². The number of rotatable bonds is 12. The van der Waals surface area contributed by atoms with Gasteiger partial charge in [-0.15, -0.1) is 0 Å². The molecule has 3 aromatic carbocycles. The minimum absolute atomic E-state index is 0.0345. The van der Waals surface area contributed by atoms with E-state index in [4.69, 9.17) is 9.16 Å². The van der Waals surface area contributed by atoms with Crippen LogP contribution in [-0.4, -0.2) is 33.5 Å². The van der Waals surface area contributed by atoms with Crippen LogP contribution in [0.1, 0.15) is 86.4 Å². The summed E-state index contributed by atoms with van der Waals surface area (Å²) in [7, 11) is -2.64. The van der Waals surface area contributed by atoms with Gasteiger partial charge in [0.1, 0.15) is 5.75 Å². The molecule has 1 aliphatic carbocycles. The zero-order valence-corrected chi connectivity index (χ0v) is 25.3. The normalized spacial score (nSPS) is 15.3. The maximum Gasteiger partial charge on any atom is 0.261 e. The highest BCUT2D eigenvalue weighted by Crippen LogP contribution is 2.44. The van der Waals surface area contributed by atoms with Crippen molar-refractivity contribution in [2.75, 3.05) is 13.2 Å². The molecule has 6 nitrogen and oxygen atoms in total. The van der Waals surface area contributed by atoms with E-state index in [-0.39, 0.29) is 27.3 Å². The first-order chi connectivity index (χ1) is 19.6. The van der Waals surface area contributed by atoms with Crippen molar-refractivity contribution >= 4 is 30.6 Å². The number of hydrogen-bond acceptors (Lipinski definition) is 6. The summed E-state index contributed by atoms with van der Waals surface area (Å²) in [6, 6.07) is 24.9. The van der Waals surface area contributed by atoms with E-state index in [9.17, 15) is 19.8 Å². The molecule has 0 bridgehead atoms. The number of carbonyl (C=O) groups excluding carboxylic acids is 2. The summed E-state index contributed by atoms with van der Waals surface area (Å²) < 4.78 is 13.1. The SMILES string of the molecule is CC(C)(C)[Si](OCCC1(CCOc2cc(C(=O)[O-])cc(C(=O)[O-])c2)CCCCC1)(c1ccccc1)c1ccccc1. The van der Waals surface area contributed by atoms with Gasteiger partial charge in [0.15, 0.2) is 0 Å². The number of carboxylic acids is 2. The van der Waals surface area contributed by atoms with Gasteiger partial charge in [-0.2, -0.15) is 0 Å². The predicted octanol–water partition coefficient (Wildman–Crippen LogP) is 4.10. The molecule has 0 N–H and O–H groups in total. The van der Waals surface area contributed by atoms with Gasteiger partial charge >= 0.3 is 0 Å². The van der Waals surface area contributed by atoms with E-state index in [1.54, 1.807) is 0 Å². The minimum atomic E-state index is -2.64. The number of aromatic carboxylic acids is 2. The summed E-state index contributed by atoms with van der Waals surface area (Å²) in [6.07, 6.45) is 7.31. The Labute approximate surface area is 244 Å². The molecule has 7 heteroatoms. The Kier molecular flexibility index (Phi) is 9.71. The van der Waals surface area contributed by atoms with Gasteiger partial charge in [0.05, 0.1) is 18.5 Å². The lowest BCUT2D eigenvalue weighted by Gasteiger charge is -2.44. The second-order valence-electron chi connectivity index (χ2n) is 12.2. The number of carbonyl (C=O) groups is 2. The largest absolute Gasteiger partial charge is 0.545 e. The van der Waals surface area contributed by atoms with Crippen LogP contribution in [-0.2, 0) is 4.43 Å². The Hall–Kier alpha value is -3.42. The first-order valence-corrected chi connectivity index (χ1v) is 16.4. The average Bonchev–Trinajstić information content (AvgIpc) is 2.96. The van der Waals surface area contributed by atoms with Crippen molar-refractivity contribution in [3.05, 3.63) is 90.0 Å². The standard InChI is InChI=1S/C34H42O6Si/c1-33(2,3)41(29-13-7-4-8-14-29,30-15-9-5-10-16-30)40-22-20-34(17-11-6-12-18-34)19-21-39-28-24-26(31(35)36)23-27(25-28)32(37)38/h4-5,7-10,13-16,23-25H,6,11-12,17-22H2,1-3H3,(H,35,36)(H,37,38)/p-2. The highest BCUT2D eigenvalue weighted by molar-refractivity contribution is 6.99. The van der Waals surface area contributed by atoms with Gasteiger partial charge in [-0.05, 0) is 64.7 Å². The van der Waals surface area contributed by atoms with Crippen molar-refractivity contribution in [1.82, 2.24) is 0 Å². The van der Waals surface area contributed by atoms with Crippen LogP contribution < -0.4 is 25.3 Å². The van der Waals surface area contributed by atoms with Crippen molar-refractivity contribution < 1.29 is 29.0 Å². The summed E-state index contributed by atoms with van der Waals surface area (Å²) in [6.45, 7) is 7.83. The lowest BCUT2D eigenvalue weighted by Crippen LogP contribution is -2.66. The topological polar surface area (TPSA) is 98.7 Å². The van der Waals surface area contributed by atoms with Gasteiger partial charge in [-0.25, -0.2) is 0 Å². The Morgan fingerprint density at radius 1 is 0.756 bits per heavy atom. The van der Waals surface area contributed by atoms with Gasteiger partial charge in [-0.1, -0.05) is 101 Å². The molecule has 0 atom stereocenters. The summed E-state index contributed by atoms with van der Waals surface area (Å²) in [5.74, 6) is -2.72. The van der Waals surface area contributed by atoms with Crippen LogP contribution in [0.4, 0.5) is 0 Å². The molecular weight excluding hydrogens is 532 g/mol. The second kappa shape index (κ2) is 13.0. The van der Waals surface area contributed by atoms with E-state index in [0.29, 0.717) is 13.2 Å². The molecular formula is C34H40O6Si-2. The van der Waals surface area contributed by atoms with E-state index < -0.39 is 20.3 Å². The first kappa shape index (κ1) is 30.5. The van der Waals surface area contributed by atoms with Crippen LogP contribution in [0.3, 0.4) is 0 Å². The molecule has 41 heavy (non-hydrogen) atoms. The fourth-order valence-corrected chi connectivity index (χ4v) is 11.0. The number of ether oxygens (including phenoxy) is 1. The van der Waals surface area contributed by atoms with Gasteiger partial charge in [0.25, 0.3) is 8.32 Å². The predicted molar refractivity (Wildman–Crippen MR) is 159 cm³/mol. The van der Waals surface area contributed by atoms with Crippen LogP contribution in [0.15, 0.2) is 78.9 Å². The van der Waals surface area contributed by atoms with Gasteiger partial charge < -0.3 is 29.0 Å². The van der Waals surface area contributed by atoms with Crippen LogP contribution in [0, 0.1) is 5.41 Å². The van der Waals surface area contributed by atoms with Crippen LogP contribution in [0.25, 0.3) is 0 Å². The Morgan fingerprint density at radius 3 is 1.71 bits per heavy atom. The quantitative estimate of drug-likeness (QED) is 0.303. The molecule has 4 rings (SSSR count). The van der Waals surface area contributed by atoms with Gasteiger partial charge in [0.2, 0.25) is 0 Å². The van der Waals surface area contributed by atoms with Crippen molar-refractivity contribution in [3.8, 4) is 5.75 Å². The van der Waals surface area contributed by atoms with Crippen molar-refractivity contribution in [2.24, 2.45) is 5.41 Å². The zero-order chi connectivity index (χ0) is 29.5. The van der Waals surface area contributed by atoms with Crippen molar-refractivity contribution in [3.63, 3.8) is 0 Å². The maximum absolute atomic E-state index is 11.4. The lowest BCUT2D eigenvalue weighted by molar-refractivity contribution is -0.255. The molecule has 218 valence electrons. The van der Waals surface area contributed by atoms with Crippen molar-refractivity contribution in [1.29, 1.82) is 0 Å². The molecule has 0 saturated heterocycles. The molecule has 0 radical (unpaired) electrons. The second-order valence-corrected chi connectivity index (χ2v) is 16.5. The summed E-state index contributed by atoms with van der Waals surface area (Å²) in [4.78, 5) is 22.8. The minimum Gasteiger partial charge on any atom is -0.545 e.